The van der Waals surface area contributed by atoms with Gasteiger partial charge in [-0.2, -0.15) is 18.2 Å². The maximum atomic E-state index is 13.0. The third-order valence-corrected chi connectivity index (χ3v) is 5.53. The molecule has 0 radical (unpaired) electrons. The minimum atomic E-state index is -5.08. The summed E-state index contributed by atoms with van der Waals surface area (Å²) in [7, 11) is 1.35. The fourth-order valence-corrected chi connectivity index (χ4v) is 3.65. The number of nitrogens with zero attached hydrogens (tertiary/aromatic N) is 5. The molecule has 1 aliphatic heterocycles. The molecule has 0 atom stereocenters. The Morgan fingerprint density at radius 2 is 1.77 bits per heavy atom. The maximum Gasteiger partial charge on any atom is 0.490 e. The molecule has 1 fully saturated rings. The number of hydrogen-bond donors (Lipinski definition) is 2. The first-order valence-electron chi connectivity index (χ1n) is 11.6. The van der Waals surface area contributed by atoms with Crippen LogP contribution in [0.2, 0.25) is 0 Å². The van der Waals surface area contributed by atoms with Crippen molar-refractivity contribution in [3.05, 3.63) is 56.7 Å². The minimum absolute atomic E-state index is 0.00551. The van der Waals surface area contributed by atoms with Gasteiger partial charge in [-0.15, -0.1) is 5.92 Å². The lowest BCUT2D eigenvalue weighted by molar-refractivity contribution is -0.192. The highest BCUT2D eigenvalue weighted by molar-refractivity contribution is 5.77. The SMILES string of the molecule is CC#CCn1c(N2CCNCC2)nc2c1c(=O)n(C)c(=O)n2OC(=O)Cc1ccccc1.O=C(O)C(F)(F)F. The van der Waals surface area contributed by atoms with Crippen molar-refractivity contribution in [3.63, 3.8) is 0 Å². The first kappa shape index (κ1) is 29.0. The fraction of sp³-hybridized carbons (Fsp3) is 0.375. The van der Waals surface area contributed by atoms with E-state index in [9.17, 15) is 27.6 Å². The number of benzene rings is 1. The third kappa shape index (κ3) is 6.85. The van der Waals surface area contributed by atoms with Crippen LogP contribution in [0, 0.1) is 11.8 Å². The summed E-state index contributed by atoms with van der Waals surface area (Å²) in [5, 5.41) is 10.4. The molecule has 39 heavy (non-hydrogen) atoms. The lowest BCUT2D eigenvalue weighted by Crippen LogP contribution is -2.44. The van der Waals surface area contributed by atoms with Crippen LogP contribution in [0.25, 0.3) is 11.2 Å². The monoisotopic (exact) mass is 550 g/mol. The average Bonchev–Trinajstić information content (AvgIpc) is 3.29. The summed E-state index contributed by atoms with van der Waals surface area (Å²) in [6.45, 7) is 4.82. The minimum Gasteiger partial charge on any atom is -0.475 e. The number of imidazole rings is 1. The number of fused-ring (bicyclic) bond motifs is 1. The largest absolute Gasteiger partial charge is 0.490 e. The normalized spacial score (nSPS) is 13.2. The quantitative estimate of drug-likeness (QED) is 0.425. The Labute approximate surface area is 219 Å². The highest BCUT2D eigenvalue weighted by Gasteiger charge is 2.38. The van der Waals surface area contributed by atoms with E-state index < -0.39 is 29.4 Å². The number of hydrogen-bond acceptors (Lipinski definition) is 8. The van der Waals surface area contributed by atoms with Crippen molar-refractivity contribution >= 4 is 29.1 Å². The van der Waals surface area contributed by atoms with Gasteiger partial charge in [-0.1, -0.05) is 41.0 Å². The van der Waals surface area contributed by atoms with Crippen LogP contribution in [0.15, 0.2) is 39.9 Å². The number of nitrogens with one attached hydrogen (secondary N) is 1. The lowest BCUT2D eigenvalue weighted by atomic mass is 10.2. The van der Waals surface area contributed by atoms with Crippen LogP contribution in [-0.2, 0) is 29.6 Å². The van der Waals surface area contributed by atoms with Crippen molar-refractivity contribution < 1.29 is 32.7 Å². The summed E-state index contributed by atoms with van der Waals surface area (Å²) < 4.78 is 35.1. The Morgan fingerprint density at radius 3 is 2.33 bits per heavy atom. The van der Waals surface area contributed by atoms with Crippen LogP contribution in [0.5, 0.6) is 0 Å². The molecule has 0 aliphatic carbocycles. The maximum absolute atomic E-state index is 13.0. The van der Waals surface area contributed by atoms with Crippen LogP contribution in [0.3, 0.4) is 0 Å². The summed E-state index contributed by atoms with van der Waals surface area (Å²) >= 11 is 0. The third-order valence-electron chi connectivity index (χ3n) is 5.53. The number of carboxylic acid groups (broad SMARTS) is 1. The molecule has 1 aliphatic rings. The molecule has 0 bridgehead atoms. The Morgan fingerprint density at radius 1 is 1.15 bits per heavy atom. The molecule has 208 valence electrons. The van der Waals surface area contributed by atoms with Gasteiger partial charge in [0, 0.05) is 33.2 Å². The van der Waals surface area contributed by atoms with E-state index in [-0.39, 0.29) is 24.1 Å². The molecule has 0 saturated carbocycles. The second kappa shape index (κ2) is 12.3. The zero-order chi connectivity index (χ0) is 28.7. The molecule has 3 heterocycles. The van der Waals surface area contributed by atoms with E-state index in [1.54, 1.807) is 23.6 Å². The first-order chi connectivity index (χ1) is 18.5. The number of carbonyl (C=O) groups is 2. The molecule has 1 saturated heterocycles. The van der Waals surface area contributed by atoms with Gasteiger partial charge >= 0.3 is 23.8 Å². The summed E-state index contributed by atoms with van der Waals surface area (Å²) in [6, 6.07) is 9.06. The van der Waals surface area contributed by atoms with Crippen molar-refractivity contribution in [1.29, 1.82) is 0 Å². The standard InChI is InChI=1S/C22H24N6O4.C2HF3O2/c1-3-4-12-27-18-19(24-21(27)26-13-10-23-11-14-26)28(22(31)25(2)20(18)30)32-17(29)15-16-8-6-5-7-9-16;3-2(4,5)1(6)7/h5-9,23H,10-15H2,1-2H3;(H,6,7). The van der Waals surface area contributed by atoms with Crippen molar-refractivity contribution in [3.8, 4) is 11.8 Å². The molecule has 2 aromatic heterocycles. The Kier molecular flexibility index (Phi) is 9.15. The molecular weight excluding hydrogens is 525 g/mol. The summed E-state index contributed by atoms with van der Waals surface area (Å²) in [5.41, 5.74) is -0.382. The highest BCUT2D eigenvalue weighted by Crippen LogP contribution is 2.20. The van der Waals surface area contributed by atoms with Crippen LogP contribution in [0.4, 0.5) is 19.1 Å². The first-order valence-corrected chi connectivity index (χ1v) is 11.6. The van der Waals surface area contributed by atoms with E-state index >= 15 is 0 Å². The Hall–Kier alpha value is -4.58. The van der Waals surface area contributed by atoms with E-state index in [0.717, 1.165) is 28.0 Å². The molecule has 0 unspecified atom stereocenters. The topological polar surface area (TPSA) is 141 Å². The highest BCUT2D eigenvalue weighted by atomic mass is 19.4. The fourth-order valence-electron chi connectivity index (χ4n) is 3.65. The summed E-state index contributed by atoms with van der Waals surface area (Å²) in [4.78, 5) is 59.4. The molecule has 15 heteroatoms. The van der Waals surface area contributed by atoms with E-state index in [1.807, 2.05) is 23.1 Å². The number of aliphatic carboxylic acids is 1. The van der Waals surface area contributed by atoms with E-state index in [2.05, 4.69) is 22.1 Å². The molecule has 2 N–H and O–H groups in total. The van der Waals surface area contributed by atoms with E-state index in [1.165, 1.54) is 7.05 Å². The van der Waals surface area contributed by atoms with Crippen LogP contribution < -0.4 is 26.3 Å². The van der Waals surface area contributed by atoms with E-state index in [0.29, 0.717) is 19.0 Å². The molecule has 1 aromatic carbocycles. The number of halogens is 3. The van der Waals surface area contributed by atoms with Gasteiger partial charge in [0.1, 0.15) is 0 Å². The van der Waals surface area contributed by atoms with Gasteiger partial charge in [0.05, 0.1) is 13.0 Å². The second-order valence-electron chi connectivity index (χ2n) is 8.20. The number of rotatable bonds is 5. The van der Waals surface area contributed by atoms with Crippen molar-refractivity contribution in [2.24, 2.45) is 7.05 Å². The summed E-state index contributed by atoms with van der Waals surface area (Å²) in [5.74, 6) is 2.91. The molecule has 3 aromatic rings. The van der Waals surface area contributed by atoms with Gasteiger partial charge in [-0.3, -0.25) is 13.9 Å². The lowest BCUT2D eigenvalue weighted by Gasteiger charge is -2.28. The van der Waals surface area contributed by atoms with Crippen molar-refractivity contribution in [2.45, 2.75) is 26.1 Å². The van der Waals surface area contributed by atoms with Crippen molar-refractivity contribution in [2.75, 3.05) is 31.1 Å². The van der Waals surface area contributed by atoms with Gasteiger partial charge < -0.3 is 20.2 Å². The van der Waals surface area contributed by atoms with Crippen LogP contribution in [0.1, 0.15) is 12.5 Å². The zero-order valence-corrected chi connectivity index (χ0v) is 21.0. The van der Waals surface area contributed by atoms with Gasteiger partial charge in [-0.05, 0) is 12.5 Å². The average molecular weight is 550 g/mol. The predicted octanol–water partition coefficient (Wildman–Crippen LogP) is 0.161. The Bertz CT molecular complexity index is 1530. The molecular formula is C24H25F3N6O6. The molecule has 0 spiro atoms. The zero-order valence-electron chi connectivity index (χ0n) is 21.0. The number of aromatic nitrogens is 4. The number of alkyl halides is 3. The van der Waals surface area contributed by atoms with Crippen molar-refractivity contribution in [1.82, 2.24) is 24.2 Å². The molecule has 4 rings (SSSR count). The van der Waals surface area contributed by atoms with Gasteiger partial charge in [0.2, 0.25) is 11.6 Å². The molecule has 0 amide bonds. The molecule has 12 nitrogen and oxygen atoms in total. The van der Waals surface area contributed by atoms with E-state index in [4.69, 9.17) is 14.7 Å². The number of carboxylic acids is 1. The number of carbonyl (C=O) groups excluding carboxylic acids is 1. The van der Waals surface area contributed by atoms with Gasteiger partial charge in [-0.25, -0.2) is 14.4 Å². The second-order valence-corrected chi connectivity index (χ2v) is 8.20. The summed E-state index contributed by atoms with van der Waals surface area (Å²) in [6.07, 6.45) is -5.11. The van der Waals surface area contributed by atoms with Gasteiger partial charge in [0.15, 0.2) is 5.52 Å². The number of anilines is 1. The van der Waals surface area contributed by atoms with Gasteiger partial charge in [0.25, 0.3) is 5.56 Å². The smallest absolute Gasteiger partial charge is 0.475 e. The predicted molar refractivity (Wildman–Crippen MR) is 133 cm³/mol. The van der Waals surface area contributed by atoms with Crippen LogP contribution in [-0.4, -0.2) is 68.2 Å². The van der Waals surface area contributed by atoms with Crippen LogP contribution >= 0.6 is 0 Å². The number of piperazine rings is 1. The Balaban J connectivity index is 0.000000532.